The molecule has 2 fully saturated rings. The van der Waals surface area contributed by atoms with E-state index in [1.54, 1.807) is 11.8 Å². The van der Waals surface area contributed by atoms with Crippen LogP contribution < -0.4 is 22.5 Å². The maximum absolute atomic E-state index is 13.3. The van der Waals surface area contributed by atoms with Crippen LogP contribution in [0.5, 0.6) is 0 Å². The van der Waals surface area contributed by atoms with Crippen LogP contribution in [0.25, 0.3) is 0 Å². The number of carbonyl (C=O) groups excluding carboxylic acids is 3. The summed E-state index contributed by atoms with van der Waals surface area (Å²) in [5, 5.41) is 3.03. The Balaban J connectivity index is 1.93. The molecule has 1 heterocycles. The molecule has 2 aliphatic rings. The van der Waals surface area contributed by atoms with Crippen LogP contribution in [0.2, 0.25) is 0 Å². The molecule has 10 nitrogen and oxygen atoms in total. The summed E-state index contributed by atoms with van der Waals surface area (Å²) in [6, 6.07) is -0.580. The molecule has 2 rings (SSSR count). The number of hydrogen-bond donors (Lipinski definition) is 4. The van der Waals surface area contributed by atoms with Crippen LogP contribution in [0.4, 0.5) is 0 Å². The van der Waals surface area contributed by atoms with Gasteiger partial charge in [0.15, 0.2) is 5.96 Å². The predicted octanol–water partition coefficient (Wildman–Crippen LogP) is 0.482. The molecule has 0 radical (unpaired) electrons. The first kappa shape index (κ1) is 26.9. The highest BCUT2D eigenvalue weighted by molar-refractivity contribution is 5.88. The summed E-state index contributed by atoms with van der Waals surface area (Å²) in [6.45, 7) is 4.28. The second-order valence-electron chi connectivity index (χ2n) is 9.17. The lowest BCUT2D eigenvalue weighted by Gasteiger charge is -2.34. The minimum Gasteiger partial charge on any atom is -0.466 e. The number of nitrogens with one attached hydrogen (secondary N) is 1. The Hall–Kier alpha value is -2.36. The summed E-state index contributed by atoms with van der Waals surface area (Å²) in [5.74, 6) is -0.0188. The van der Waals surface area contributed by atoms with Crippen LogP contribution in [-0.2, 0) is 19.1 Å². The number of piperidine rings is 1. The lowest BCUT2D eigenvalue weighted by Crippen LogP contribution is -2.52. The molecule has 0 aromatic carbocycles. The number of esters is 1. The molecule has 188 valence electrons. The second-order valence-corrected chi connectivity index (χ2v) is 9.17. The molecule has 1 saturated heterocycles. The number of rotatable bonds is 11. The summed E-state index contributed by atoms with van der Waals surface area (Å²) >= 11 is 0. The zero-order chi connectivity index (χ0) is 24.2. The Bertz CT molecular complexity index is 666. The number of aliphatic imine (C=N–C) groups is 1. The molecule has 10 heteroatoms. The highest BCUT2D eigenvalue weighted by Gasteiger charge is 2.33. The fourth-order valence-corrected chi connectivity index (χ4v) is 4.69. The molecule has 0 aromatic heterocycles. The van der Waals surface area contributed by atoms with Gasteiger partial charge < -0.3 is 32.2 Å². The highest BCUT2D eigenvalue weighted by Crippen LogP contribution is 2.28. The SMILES string of the molecule is CCOC(=O)C1CCN(C(=O)[C@H](CCCCN=C(N)N)NC(=O)C2CCC(CN)CC2)CC1. The Morgan fingerprint density at radius 3 is 2.27 bits per heavy atom. The van der Waals surface area contributed by atoms with E-state index in [9.17, 15) is 14.4 Å². The molecule has 33 heavy (non-hydrogen) atoms. The first-order valence-electron chi connectivity index (χ1n) is 12.4. The summed E-state index contributed by atoms with van der Waals surface area (Å²) in [4.78, 5) is 44.0. The third-order valence-electron chi connectivity index (χ3n) is 6.79. The standard InChI is InChI=1S/C23H42N6O4/c1-2-33-22(32)18-10-13-29(14-11-18)21(31)19(5-3-4-12-27-23(25)26)28-20(30)17-8-6-16(15-24)7-9-17/h16-19H,2-15,24H2,1H3,(H,28,30)(H4,25,26,27)/t16?,17?,19-/m0/s1. The predicted molar refractivity (Wildman–Crippen MR) is 127 cm³/mol. The Morgan fingerprint density at radius 1 is 1.03 bits per heavy atom. The van der Waals surface area contributed by atoms with Gasteiger partial charge >= 0.3 is 5.97 Å². The molecule has 1 saturated carbocycles. The molecule has 7 N–H and O–H groups in total. The van der Waals surface area contributed by atoms with Crippen molar-refractivity contribution in [2.45, 2.75) is 70.8 Å². The largest absolute Gasteiger partial charge is 0.466 e. The van der Waals surface area contributed by atoms with Crippen molar-refractivity contribution < 1.29 is 19.1 Å². The normalized spacial score (nSPS) is 22.3. The van der Waals surface area contributed by atoms with E-state index in [1.165, 1.54) is 0 Å². The van der Waals surface area contributed by atoms with E-state index in [0.29, 0.717) is 64.4 Å². The van der Waals surface area contributed by atoms with Crippen molar-refractivity contribution in [3.8, 4) is 0 Å². The Kier molecular flexibility index (Phi) is 11.4. The number of unbranched alkanes of at least 4 members (excludes halogenated alkanes) is 1. The van der Waals surface area contributed by atoms with Gasteiger partial charge in [0.25, 0.3) is 0 Å². The van der Waals surface area contributed by atoms with Gasteiger partial charge in [-0.3, -0.25) is 19.4 Å². The molecule has 2 amide bonds. The number of nitrogens with two attached hydrogens (primary N) is 3. The zero-order valence-electron chi connectivity index (χ0n) is 20.0. The average Bonchev–Trinajstić information content (AvgIpc) is 2.82. The van der Waals surface area contributed by atoms with Crippen LogP contribution in [0.3, 0.4) is 0 Å². The molecule has 1 atom stereocenters. The first-order valence-corrected chi connectivity index (χ1v) is 12.4. The van der Waals surface area contributed by atoms with Crippen LogP contribution in [0.1, 0.15) is 64.7 Å². The zero-order valence-corrected chi connectivity index (χ0v) is 20.0. The Labute approximate surface area is 197 Å². The number of hydrogen-bond acceptors (Lipinski definition) is 6. The molecule has 0 spiro atoms. The Morgan fingerprint density at radius 2 is 1.70 bits per heavy atom. The van der Waals surface area contributed by atoms with E-state index in [0.717, 1.165) is 32.1 Å². The van der Waals surface area contributed by atoms with Crippen LogP contribution >= 0.6 is 0 Å². The van der Waals surface area contributed by atoms with Gasteiger partial charge in [0.1, 0.15) is 6.04 Å². The van der Waals surface area contributed by atoms with Crippen molar-refractivity contribution in [2.75, 3.05) is 32.8 Å². The molecule has 0 bridgehead atoms. The molecule has 1 aliphatic carbocycles. The molecule has 1 aliphatic heterocycles. The molecule has 0 unspecified atom stereocenters. The van der Waals surface area contributed by atoms with E-state index >= 15 is 0 Å². The number of ether oxygens (including phenoxy) is 1. The third-order valence-corrected chi connectivity index (χ3v) is 6.79. The van der Waals surface area contributed by atoms with Gasteiger partial charge in [-0.1, -0.05) is 0 Å². The van der Waals surface area contributed by atoms with Gasteiger partial charge in [-0.05, 0) is 77.2 Å². The van der Waals surface area contributed by atoms with E-state index in [-0.39, 0.29) is 35.6 Å². The topological polar surface area (TPSA) is 166 Å². The number of amides is 2. The fraction of sp³-hybridized carbons (Fsp3) is 0.826. The van der Waals surface area contributed by atoms with Gasteiger partial charge in [0, 0.05) is 25.6 Å². The smallest absolute Gasteiger partial charge is 0.309 e. The summed E-state index contributed by atoms with van der Waals surface area (Å²) in [7, 11) is 0. The lowest BCUT2D eigenvalue weighted by molar-refractivity contribution is -0.151. The van der Waals surface area contributed by atoms with Crippen molar-refractivity contribution in [2.24, 2.45) is 39.9 Å². The van der Waals surface area contributed by atoms with E-state index in [4.69, 9.17) is 21.9 Å². The van der Waals surface area contributed by atoms with Gasteiger partial charge in [0.05, 0.1) is 12.5 Å². The minimum absolute atomic E-state index is 0.0468. The maximum atomic E-state index is 13.3. The number of nitrogens with zero attached hydrogens (tertiary/aromatic N) is 2. The number of guanidine groups is 1. The quantitative estimate of drug-likeness (QED) is 0.149. The third kappa shape index (κ3) is 8.83. The van der Waals surface area contributed by atoms with Gasteiger partial charge in [-0.25, -0.2) is 0 Å². The summed E-state index contributed by atoms with van der Waals surface area (Å²) < 4.78 is 5.12. The van der Waals surface area contributed by atoms with Gasteiger partial charge in [-0.15, -0.1) is 0 Å². The monoisotopic (exact) mass is 466 g/mol. The van der Waals surface area contributed by atoms with E-state index in [2.05, 4.69) is 10.3 Å². The van der Waals surface area contributed by atoms with Crippen LogP contribution in [0.15, 0.2) is 4.99 Å². The lowest BCUT2D eigenvalue weighted by atomic mass is 9.81. The highest BCUT2D eigenvalue weighted by atomic mass is 16.5. The van der Waals surface area contributed by atoms with Crippen molar-refractivity contribution in [1.82, 2.24) is 10.2 Å². The molecular formula is C23H42N6O4. The maximum Gasteiger partial charge on any atom is 0.309 e. The van der Waals surface area contributed by atoms with E-state index in [1.807, 2.05) is 0 Å². The van der Waals surface area contributed by atoms with Crippen LogP contribution in [-0.4, -0.2) is 67.5 Å². The molecular weight excluding hydrogens is 424 g/mol. The molecule has 0 aromatic rings. The first-order chi connectivity index (χ1) is 15.8. The van der Waals surface area contributed by atoms with Crippen molar-refractivity contribution in [1.29, 1.82) is 0 Å². The van der Waals surface area contributed by atoms with Crippen molar-refractivity contribution in [3.05, 3.63) is 0 Å². The fourth-order valence-electron chi connectivity index (χ4n) is 4.69. The average molecular weight is 467 g/mol. The number of carbonyl (C=O) groups is 3. The van der Waals surface area contributed by atoms with Crippen LogP contribution in [0, 0.1) is 17.8 Å². The van der Waals surface area contributed by atoms with E-state index < -0.39 is 6.04 Å². The summed E-state index contributed by atoms with van der Waals surface area (Å²) in [5.41, 5.74) is 16.5. The van der Waals surface area contributed by atoms with Gasteiger partial charge in [0.2, 0.25) is 11.8 Å². The second kappa shape index (κ2) is 14.0. The summed E-state index contributed by atoms with van der Waals surface area (Å²) in [6.07, 6.45) is 6.66. The van der Waals surface area contributed by atoms with Crippen molar-refractivity contribution >= 4 is 23.7 Å². The number of likely N-dealkylation sites (tertiary alicyclic amines) is 1. The van der Waals surface area contributed by atoms with Crippen molar-refractivity contribution in [3.63, 3.8) is 0 Å². The minimum atomic E-state index is -0.580. The van der Waals surface area contributed by atoms with Gasteiger partial charge in [-0.2, -0.15) is 0 Å².